The topological polar surface area (TPSA) is 84.7 Å². The Morgan fingerprint density at radius 3 is 2.80 bits per heavy atom. The molecule has 0 amide bonds. The third-order valence-electron chi connectivity index (χ3n) is 3.27. The van der Waals surface area contributed by atoms with Gasteiger partial charge in [-0.25, -0.2) is 13.1 Å². The van der Waals surface area contributed by atoms with Gasteiger partial charge in [0.2, 0.25) is 10.0 Å². The van der Waals surface area contributed by atoms with E-state index in [4.69, 9.17) is 10.5 Å². The minimum Gasteiger partial charge on any atom is -0.379 e. The van der Waals surface area contributed by atoms with Crippen molar-refractivity contribution in [1.82, 2.24) is 9.62 Å². The third-order valence-corrected chi connectivity index (χ3v) is 6.21. The van der Waals surface area contributed by atoms with Gasteiger partial charge in [-0.15, -0.1) is 11.3 Å². The molecule has 1 aromatic heterocycles. The summed E-state index contributed by atoms with van der Waals surface area (Å²) in [7, 11) is -3.47. The number of ether oxygens (including phenoxy) is 1. The van der Waals surface area contributed by atoms with Crippen LogP contribution in [0.15, 0.2) is 10.3 Å². The predicted molar refractivity (Wildman–Crippen MR) is 79.4 cm³/mol. The first-order valence-corrected chi connectivity index (χ1v) is 8.97. The summed E-state index contributed by atoms with van der Waals surface area (Å²) in [6.07, 6.45) is 0. The van der Waals surface area contributed by atoms with Crippen LogP contribution in [0.25, 0.3) is 0 Å². The maximum absolute atomic E-state index is 12.3. The fraction of sp³-hybridized carbons (Fsp3) is 0.667. The lowest BCUT2D eigenvalue weighted by Crippen LogP contribution is -2.41. The van der Waals surface area contributed by atoms with Gasteiger partial charge >= 0.3 is 0 Å². The zero-order valence-corrected chi connectivity index (χ0v) is 13.2. The average Bonchev–Trinajstić information content (AvgIpc) is 2.81. The molecule has 1 saturated heterocycles. The van der Waals surface area contributed by atoms with E-state index < -0.39 is 10.0 Å². The highest BCUT2D eigenvalue weighted by Gasteiger charge is 2.22. The van der Waals surface area contributed by atoms with Crippen molar-refractivity contribution in [3.8, 4) is 0 Å². The lowest BCUT2D eigenvalue weighted by atomic mass is 10.3. The molecule has 1 aromatic rings. The highest BCUT2D eigenvalue weighted by atomic mass is 32.2. The maximum Gasteiger partial charge on any atom is 0.242 e. The van der Waals surface area contributed by atoms with Gasteiger partial charge in [-0.1, -0.05) is 0 Å². The molecule has 1 aliphatic heterocycles. The minimum absolute atomic E-state index is 0.248. The SMILES string of the molecule is Cc1csc(CN)c1S(=O)(=O)NCCN1CCOCC1. The summed E-state index contributed by atoms with van der Waals surface area (Å²) < 4.78 is 32.6. The first-order valence-electron chi connectivity index (χ1n) is 6.61. The molecule has 6 nitrogen and oxygen atoms in total. The third kappa shape index (κ3) is 3.78. The summed E-state index contributed by atoms with van der Waals surface area (Å²) in [6.45, 7) is 6.29. The first-order chi connectivity index (χ1) is 9.54. The van der Waals surface area contributed by atoms with Gasteiger partial charge in [0.1, 0.15) is 4.90 Å². The van der Waals surface area contributed by atoms with Gasteiger partial charge in [-0.3, -0.25) is 4.90 Å². The summed E-state index contributed by atoms with van der Waals surface area (Å²) in [5.41, 5.74) is 6.36. The van der Waals surface area contributed by atoms with E-state index >= 15 is 0 Å². The van der Waals surface area contributed by atoms with E-state index in [1.807, 2.05) is 5.38 Å². The molecule has 0 aliphatic carbocycles. The largest absolute Gasteiger partial charge is 0.379 e. The molecule has 0 spiro atoms. The quantitative estimate of drug-likeness (QED) is 0.778. The van der Waals surface area contributed by atoms with Crippen molar-refractivity contribution in [2.45, 2.75) is 18.4 Å². The van der Waals surface area contributed by atoms with Crippen LogP contribution in [0.5, 0.6) is 0 Å². The fourth-order valence-electron chi connectivity index (χ4n) is 2.22. The fourth-order valence-corrected chi connectivity index (χ4v) is 4.94. The van der Waals surface area contributed by atoms with Crippen LogP contribution in [0.3, 0.4) is 0 Å². The molecule has 1 fully saturated rings. The van der Waals surface area contributed by atoms with Crippen LogP contribution in [0.4, 0.5) is 0 Å². The molecular formula is C12H21N3O3S2. The van der Waals surface area contributed by atoms with Crippen LogP contribution >= 0.6 is 11.3 Å². The minimum atomic E-state index is -3.47. The zero-order valence-electron chi connectivity index (χ0n) is 11.6. The van der Waals surface area contributed by atoms with E-state index in [-0.39, 0.29) is 6.54 Å². The van der Waals surface area contributed by atoms with Crippen LogP contribution in [-0.4, -0.2) is 52.7 Å². The zero-order chi connectivity index (χ0) is 14.6. The maximum atomic E-state index is 12.3. The Balaban J connectivity index is 1.95. The van der Waals surface area contributed by atoms with Crippen LogP contribution in [0.1, 0.15) is 10.4 Å². The summed E-state index contributed by atoms with van der Waals surface area (Å²) in [6, 6.07) is 0. The van der Waals surface area contributed by atoms with Crippen molar-refractivity contribution in [2.75, 3.05) is 39.4 Å². The van der Waals surface area contributed by atoms with Gasteiger partial charge in [-0.2, -0.15) is 0 Å². The standard InChI is InChI=1S/C12H21N3O3S2/c1-10-9-19-11(8-13)12(10)20(16,17)14-2-3-15-4-6-18-7-5-15/h9,14H,2-8,13H2,1H3. The Morgan fingerprint density at radius 2 is 2.15 bits per heavy atom. The van der Waals surface area contributed by atoms with Crippen molar-refractivity contribution >= 4 is 21.4 Å². The number of thiophene rings is 1. The number of nitrogens with zero attached hydrogens (tertiary/aromatic N) is 1. The van der Waals surface area contributed by atoms with E-state index in [1.54, 1.807) is 6.92 Å². The average molecular weight is 319 g/mol. The second-order valence-corrected chi connectivity index (χ2v) is 7.39. The van der Waals surface area contributed by atoms with Gasteiger partial charge in [0, 0.05) is 37.6 Å². The Kier molecular flexibility index (Phi) is 5.53. The number of hydrogen-bond acceptors (Lipinski definition) is 6. The number of nitrogens with one attached hydrogen (secondary N) is 1. The van der Waals surface area contributed by atoms with E-state index in [2.05, 4.69) is 9.62 Å². The van der Waals surface area contributed by atoms with Gasteiger partial charge in [0.05, 0.1) is 13.2 Å². The van der Waals surface area contributed by atoms with Crippen molar-refractivity contribution in [2.24, 2.45) is 5.73 Å². The number of sulfonamides is 1. The molecule has 20 heavy (non-hydrogen) atoms. The molecule has 3 N–H and O–H groups in total. The lowest BCUT2D eigenvalue weighted by molar-refractivity contribution is 0.0390. The van der Waals surface area contributed by atoms with E-state index in [0.29, 0.717) is 36.1 Å². The molecule has 0 unspecified atom stereocenters. The number of aryl methyl sites for hydroxylation is 1. The molecular weight excluding hydrogens is 298 g/mol. The van der Waals surface area contributed by atoms with E-state index in [1.165, 1.54) is 11.3 Å². The molecule has 1 aliphatic rings. The first kappa shape index (κ1) is 15.9. The normalized spacial score (nSPS) is 17.5. The second-order valence-electron chi connectivity index (χ2n) is 4.73. The van der Waals surface area contributed by atoms with Gasteiger partial charge in [-0.05, 0) is 17.9 Å². The number of hydrogen-bond donors (Lipinski definition) is 2. The Labute approximate surface area is 124 Å². The summed E-state index contributed by atoms with van der Waals surface area (Å²) in [5.74, 6) is 0. The number of morpholine rings is 1. The predicted octanol–water partition coefficient (Wildman–Crippen LogP) is 0.126. The molecule has 0 radical (unpaired) electrons. The summed E-state index contributed by atoms with van der Waals surface area (Å²) in [5, 5.41) is 1.83. The summed E-state index contributed by atoms with van der Waals surface area (Å²) in [4.78, 5) is 3.25. The molecule has 114 valence electrons. The van der Waals surface area contributed by atoms with E-state index in [0.717, 1.165) is 18.7 Å². The summed E-state index contributed by atoms with van der Waals surface area (Å²) >= 11 is 1.39. The van der Waals surface area contributed by atoms with Gasteiger partial charge in [0.25, 0.3) is 0 Å². The van der Waals surface area contributed by atoms with Crippen molar-refractivity contribution < 1.29 is 13.2 Å². The molecule has 0 atom stereocenters. The molecule has 2 heterocycles. The number of rotatable bonds is 6. The smallest absolute Gasteiger partial charge is 0.242 e. The van der Waals surface area contributed by atoms with Crippen LogP contribution < -0.4 is 10.5 Å². The van der Waals surface area contributed by atoms with Crippen LogP contribution in [0.2, 0.25) is 0 Å². The Bertz CT molecular complexity index is 536. The van der Waals surface area contributed by atoms with Crippen LogP contribution in [0, 0.1) is 6.92 Å². The van der Waals surface area contributed by atoms with Crippen molar-refractivity contribution in [3.05, 3.63) is 15.8 Å². The second kappa shape index (κ2) is 6.97. The van der Waals surface area contributed by atoms with Gasteiger partial charge in [0.15, 0.2) is 0 Å². The molecule has 0 saturated carbocycles. The lowest BCUT2D eigenvalue weighted by Gasteiger charge is -2.26. The monoisotopic (exact) mass is 319 g/mol. The van der Waals surface area contributed by atoms with Crippen LogP contribution in [-0.2, 0) is 21.3 Å². The number of nitrogens with two attached hydrogens (primary N) is 1. The molecule has 8 heteroatoms. The molecule has 0 bridgehead atoms. The highest BCUT2D eigenvalue weighted by molar-refractivity contribution is 7.89. The highest BCUT2D eigenvalue weighted by Crippen LogP contribution is 2.26. The Morgan fingerprint density at radius 1 is 1.45 bits per heavy atom. The van der Waals surface area contributed by atoms with Crippen molar-refractivity contribution in [3.63, 3.8) is 0 Å². The van der Waals surface area contributed by atoms with E-state index in [9.17, 15) is 8.42 Å². The van der Waals surface area contributed by atoms with Gasteiger partial charge < -0.3 is 10.5 Å². The Hall–Kier alpha value is -0.510. The molecule has 2 rings (SSSR count). The molecule has 0 aromatic carbocycles. The van der Waals surface area contributed by atoms with Crippen molar-refractivity contribution in [1.29, 1.82) is 0 Å².